The zero-order valence-electron chi connectivity index (χ0n) is 6.77. The van der Waals surface area contributed by atoms with Crippen LogP contribution in [0, 0.1) is 14.9 Å². The Hall–Kier alpha value is -0.560. The first kappa shape index (κ1) is 12.5. The molecule has 0 aliphatic heterocycles. The molecule has 0 unspecified atom stereocenters. The molecule has 0 saturated heterocycles. The largest absolute Gasteiger partial charge is 0.573 e. The zero-order valence-corrected chi connectivity index (χ0v) is 10.5. The van der Waals surface area contributed by atoms with Crippen LogP contribution in [0.25, 0.3) is 0 Å². The Balaban J connectivity index is 3.26. The van der Waals surface area contributed by atoms with E-state index >= 15 is 0 Å². The van der Waals surface area contributed by atoms with Gasteiger partial charge in [0.15, 0.2) is 11.4 Å². The normalized spacial score (nSPS) is 10.9. The maximum atomic E-state index is 12.0. The number of hydrogen-bond acceptors (Lipinski definition) is 3. The molecule has 0 N–H and O–H groups in total. The average molecular weight is 393 g/mol. The third-order valence-electron chi connectivity index (χ3n) is 1.25. The summed E-state index contributed by atoms with van der Waals surface area (Å²) in [5.74, 6) is -0.583. The number of hydrogen-bond donors (Lipinski definition) is 0. The summed E-state index contributed by atoms with van der Waals surface area (Å²) < 4.78 is 40.2. The quantitative estimate of drug-likeness (QED) is 0.689. The number of nitrogens with zero attached hydrogens (tertiary/aromatic N) is 2. The van der Waals surface area contributed by atoms with Gasteiger partial charge < -0.3 is 4.74 Å². The Morgan fingerprint density at radius 1 is 1.53 bits per heavy atom. The van der Waals surface area contributed by atoms with Gasteiger partial charge >= 0.3 is 6.36 Å². The molecule has 0 aliphatic rings. The SMILES string of the molecule is N#Cc1ncc(Br)c(I)c1OC(F)(F)F. The van der Waals surface area contributed by atoms with Gasteiger partial charge in [0.05, 0.1) is 8.04 Å². The predicted molar refractivity (Wildman–Crippen MR) is 56.1 cm³/mol. The van der Waals surface area contributed by atoms with E-state index < -0.39 is 17.8 Å². The minimum atomic E-state index is -4.84. The van der Waals surface area contributed by atoms with Crippen molar-refractivity contribution in [2.75, 3.05) is 0 Å². The number of pyridine rings is 1. The average Bonchev–Trinajstić information content (AvgIpc) is 2.11. The summed E-state index contributed by atoms with van der Waals surface area (Å²) in [6.07, 6.45) is -3.60. The minimum Gasteiger partial charge on any atom is -0.401 e. The third kappa shape index (κ3) is 3.20. The van der Waals surface area contributed by atoms with Crippen LogP contribution in [0.4, 0.5) is 13.2 Å². The van der Waals surface area contributed by atoms with E-state index in [-0.39, 0.29) is 3.57 Å². The third-order valence-corrected chi connectivity index (χ3v) is 3.67. The molecule has 1 heterocycles. The van der Waals surface area contributed by atoms with Crippen LogP contribution in [0.2, 0.25) is 0 Å². The number of alkyl halides is 3. The van der Waals surface area contributed by atoms with Crippen molar-refractivity contribution in [3.8, 4) is 11.8 Å². The van der Waals surface area contributed by atoms with E-state index in [4.69, 9.17) is 5.26 Å². The maximum absolute atomic E-state index is 12.0. The van der Waals surface area contributed by atoms with E-state index in [1.807, 2.05) is 0 Å². The van der Waals surface area contributed by atoms with Crippen LogP contribution in [-0.4, -0.2) is 11.3 Å². The maximum Gasteiger partial charge on any atom is 0.573 e. The molecule has 3 nitrogen and oxygen atoms in total. The van der Waals surface area contributed by atoms with Crippen LogP contribution in [-0.2, 0) is 0 Å². The van der Waals surface area contributed by atoms with Crippen molar-refractivity contribution >= 4 is 38.5 Å². The number of rotatable bonds is 1. The van der Waals surface area contributed by atoms with Gasteiger partial charge in [-0.25, -0.2) is 4.98 Å². The molecule has 8 heteroatoms. The molecule has 0 fully saturated rings. The molecular formula is C7HBrF3IN2O. The van der Waals surface area contributed by atoms with Gasteiger partial charge in [-0.05, 0) is 38.5 Å². The second-order valence-electron chi connectivity index (χ2n) is 2.26. The van der Waals surface area contributed by atoms with Gasteiger partial charge in [0.25, 0.3) is 0 Å². The highest BCUT2D eigenvalue weighted by molar-refractivity contribution is 14.1. The Bertz CT molecular complexity index is 429. The molecule has 15 heavy (non-hydrogen) atoms. The van der Waals surface area contributed by atoms with Gasteiger partial charge in [0.1, 0.15) is 6.07 Å². The first-order valence-electron chi connectivity index (χ1n) is 3.35. The standard InChI is InChI=1S/C7HBrF3IN2O/c8-3-2-14-4(1-13)6(5(3)12)15-7(9,10)11/h2H. The van der Waals surface area contributed by atoms with Crippen LogP contribution in [0.5, 0.6) is 5.75 Å². The number of ether oxygens (including phenoxy) is 1. The highest BCUT2D eigenvalue weighted by Gasteiger charge is 2.34. The van der Waals surface area contributed by atoms with Crippen molar-refractivity contribution in [1.82, 2.24) is 4.98 Å². The van der Waals surface area contributed by atoms with Crippen molar-refractivity contribution in [3.63, 3.8) is 0 Å². The fourth-order valence-electron chi connectivity index (χ4n) is 0.737. The van der Waals surface area contributed by atoms with Crippen molar-refractivity contribution in [2.24, 2.45) is 0 Å². The van der Waals surface area contributed by atoms with E-state index in [1.54, 1.807) is 22.6 Å². The van der Waals surface area contributed by atoms with Crippen molar-refractivity contribution in [1.29, 1.82) is 5.26 Å². The lowest BCUT2D eigenvalue weighted by atomic mass is 10.3. The van der Waals surface area contributed by atoms with E-state index in [0.29, 0.717) is 4.47 Å². The molecule has 0 atom stereocenters. The Labute approximate surface area is 105 Å². The lowest BCUT2D eigenvalue weighted by molar-refractivity contribution is -0.275. The van der Waals surface area contributed by atoms with Crippen molar-refractivity contribution < 1.29 is 17.9 Å². The molecule has 1 rings (SSSR count). The van der Waals surface area contributed by atoms with E-state index in [9.17, 15) is 13.2 Å². The van der Waals surface area contributed by atoms with E-state index in [0.717, 1.165) is 0 Å². The van der Waals surface area contributed by atoms with Crippen molar-refractivity contribution in [2.45, 2.75) is 6.36 Å². The molecule has 0 aromatic carbocycles. The molecule has 0 spiro atoms. The highest BCUT2D eigenvalue weighted by Crippen LogP contribution is 2.33. The molecule has 80 valence electrons. The van der Waals surface area contributed by atoms with Gasteiger partial charge in [0, 0.05) is 6.20 Å². The van der Waals surface area contributed by atoms with E-state index in [2.05, 4.69) is 25.7 Å². The Kier molecular flexibility index (Phi) is 3.77. The predicted octanol–water partition coefficient (Wildman–Crippen LogP) is 3.22. The van der Waals surface area contributed by atoms with Crippen molar-refractivity contribution in [3.05, 3.63) is 19.9 Å². The summed E-state index contributed by atoms with van der Waals surface area (Å²) in [6.45, 7) is 0. The zero-order chi connectivity index (χ0) is 11.6. The lowest BCUT2D eigenvalue weighted by Crippen LogP contribution is -2.19. The second kappa shape index (κ2) is 4.52. The highest BCUT2D eigenvalue weighted by atomic mass is 127. The monoisotopic (exact) mass is 392 g/mol. The van der Waals surface area contributed by atoms with Gasteiger partial charge in [0.2, 0.25) is 0 Å². The second-order valence-corrected chi connectivity index (χ2v) is 4.19. The number of nitriles is 1. The molecule has 1 aromatic rings. The van der Waals surface area contributed by atoms with E-state index in [1.165, 1.54) is 12.3 Å². The topological polar surface area (TPSA) is 45.9 Å². The fraction of sp³-hybridized carbons (Fsp3) is 0.143. The minimum absolute atomic E-state index is 0.150. The van der Waals surface area contributed by atoms with Crippen LogP contribution in [0.3, 0.4) is 0 Å². The summed E-state index contributed by atoms with van der Waals surface area (Å²) >= 11 is 4.62. The van der Waals surface area contributed by atoms with Gasteiger partial charge in [-0.2, -0.15) is 5.26 Å². The Morgan fingerprint density at radius 3 is 2.60 bits per heavy atom. The van der Waals surface area contributed by atoms with Crippen LogP contribution in [0.15, 0.2) is 10.7 Å². The van der Waals surface area contributed by atoms with Crippen LogP contribution >= 0.6 is 38.5 Å². The molecule has 0 saturated carbocycles. The number of aromatic nitrogens is 1. The van der Waals surface area contributed by atoms with Gasteiger partial charge in [-0.1, -0.05) is 0 Å². The van der Waals surface area contributed by atoms with Gasteiger partial charge in [-0.15, -0.1) is 13.2 Å². The molecular weight excluding hydrogens is 392 g/mol. The summed E-state index contributed by atoms with van der Waals surface area (Å²) in [5.41, 5.74) is -0.403. The summed E-state index contributed by atoms with van der Waals surface area (Å²) in [5, 5.41) is 8.55. The first-order chi connectivity index (χ1) is 6.85. The molecule has 1 aromatic heterocycles. The fourth-order valence-corrected chi connectivity index (χ4v) is 1.52. The molecule has 0 aliphatic carbocycles. The number of halogens is 5. The van der Waals surface area contributed by atoms with Gasteiger partial charge in [-0.3, -0.25) is 0 Å². The molecule has 0 bridgehead atoms. The summed E-state index contributed by atoms with van der Waals surface area (Å²) in [6, 6.07) is 1.52. The van der Waals surface area contributed by atoms with Crippen LogP contribution < -0.4 is 4.74 Å². The summed E-state index contributed by atoms with van der Waals surface area (Å²) in [7, 11) is 0. The molecule has 0 radical (unpaired) electrons. The Morgan fingerprint density at radius 2 is 2.13 bits per heavy atom. The van der Waals surface area contributed by atoms with Crippen LogP contribution in [0.1, 0.15) is 5.69 Å². The molecule has 0 amide bonds. The summed E-state index contributed by atoms with van der Waals surface area (Å²) in [4.78, 5) is 3.50. The first-order valence-corrected chi connectivity index (χ1v) is 5.22. The smallest absolute Gasteiger partial charge is 0.401 e. The lowest BCUT2D eigenvalue weighted by Gasteiger charge is -2.11.